The van der Waals surface area contributed by atoms with Gasteiger partial charge in [-0.2, -0.15) is 0 Å². The van der Waals surface area contributed by atoms with Crippen LogP contribution in [-0.2, 0) is 4.79 Å². The molecule has 0 aliphatic carbocycles. The third-order valence-electron chi connectivity index (χ3n) is 6.10. The van der Waals surface area contributed by atoms with Crippen LogP contribution in [0.25, 0.3) is 11.1 Å². The second kappa shape index (κ2) is 10.2. The summed E-state index contributed by atoms with van der Waals surface area (Å²) in [6.45, 7) is 2.69. The average molecular weight is 429 g/mol. The van der Waals surface area contributed by atoms with E-state index in [9.17, 15) is 14.7 Å². The van der Waals surface area contributed by atoms with Crippen LogP contribution in [0.5, 0.6) is 0 Å². The fraction of sp³-hybridized carbons (Fsp3) is 0.259. The van der Waals surface area contributed by atoms with E-state index in [1.54, 1.807) is 0 Å². The van der Waals surface area contributed by atoms with Crippen LogP contribution in [0.1, 0.15) is 34.8 Å². The van der Waals surface area contributed by atoms with Gasteiger partial charge in [-0.05, 0) is 29.2 Å². The van der Waals surface area contributed by atoms with Gasteiger partial charge in [-0.1, -0.05) is 78.9 Å². The van der Waals surface area contributed by atoms with Crippen LogP contribution in [-0.4, -0.2) is 53.0 Å². The van der Waals surface area contributed by atoms with Crippen molar-refractivity contribution < 1.29 is 14.7 Å². The summed E-state index contributed by atoms with van der Waals surface area (Å²) >= 11 is 0. The molecule has 4 rings (SSSR count). The molecular formula is C27H28N2O3. The number of amides is 1. The number of aliphatic carboxylic acids is 1. The number of rotatable bonds is 7. The molecular weight excluding hydrogens is 400 g/mol. The fourth-order valence-corrected chi connectivity index (χ4v) is 4.44. The maximum atomic E-state index is 13.4. The smallest absolute Gasteiger partial charge is 0.303 e. The van der Waals surface area contributed by atoms with Crippen molar-refractivity contribution in [1.82, 2.24) is 9.80 Å². The van der Waals surface area contributed by atoms with Crippen LogP contribution in [0.4, 0.5) is 0 Å². The summed E-state index contributed by atoms with van der Waals surface area (Å²) < 4.78 is 0. The molecule has 0 spiro atoms. The summed E-state index contributed by atoms with van der Waals surface area (Å²) in [7, 11) is 0. The monoisotopic (exact) mass is 428 g/mol. The van der Waals surface area contributed by atoms with Gasteiger partial charge in [0.2, 0.25) is 0 Å². The van der Waals surface area contributed by atoms with Gasteiger partial charge in [0.1, 0.15) is 0 Å². The van der Waals surface area contributed by atoms with Crippen molar-refractivity contribution in [3.63, 3.8) is 0 Å². The lowest BCUT2D eigenvalue weighted by Crippen LogP contribution is -2.49. The van der Waals surface area contributed by atoms with E-state index in [1.165, 1.54) is 0 Å². The second-order valence-corrected chi connectivity index (χ2v) is 8.10. The first-order chi connectivity index (χ1) is 15.6. The molecule has 1 heterocycles. The van der Waals surface area contributed by atoms with E-state index in [-0.39, 0.29) is 18.4 Å². The van der Waals surface area contributed by atoms with Crippen LogP contribution < -0.4 is 0 Å². The number of benzene rings is 3. The van der Waals surface area contributed by atoms with Crippen molar-refractivity contribution in [2.24, 2.45) is 0 Å². The number of hydrogen-bond donors (Lipinski definition) is 1. The minimum atomic E-state index is -0.780. The molecule has 1 amide bonds. The number of carboxylic acid groups (broad SMARTS) is 1. The largest absolute Gasteiger partial charge is 0.481 e. The topological polar surface area (TPSA) is 60.9 Å². The van der Waals surface area contributed by atoms with Gasteiger partial charge in [0, 0.05) is 44.2 Å². The number of piperazine rings is 1. The van der Waals surface area contributed by atoms with Crippen molar-refractivity contribution in [3.05, 3.63) is 96.1 Å². The number of carboxylic acids is 1. The summed E-state index contributed by atoms with van der Waals surface area (Å²) in [4.78, 5) is 28.8. The molecule has 0 aromatic heterocycles. The van der Waals surface area contributed by atoms with E-state index in [2.05, 4.69) is 17.0 Å². The Morgan fingerprint density at radius 2 is 1.38 bits per heavy atom. The normalized spacial score (nSPS) is 15.3. The van der Waals surface area contributed by atoms with Crippen molar-refractivity contribution in [1.29, 1.82) is 0 Å². The summed E-state index contributed by atoms with van der Waals surface area (Å²) in [6.07, 6.45) is 0.688. The van der Waals surface area contributed by atoms with Gasteiger partial charge in [-0.15, -0.1) is 0 Å². The van der Waals surface area contributed by atoms with Gasteiger partial charge < -0.3 is 10.0 Å². The van der Waals surface area contributed by atoms with Gasteiger partial charge in [0.15, 0.2) is 0 Å². The van der Waals surface area contributed by atoms with Crippen LogP contribution in [0.2, 0.25) is 0 Å². The Labute approximate surface area is 188 Å². The van der Waals surface area contributed by atoms with Gasteiger partial charge in [0.25, 0.3) is 5.91 Å². The molecule has 3 aromatic rings. The summed E-state index contributed by atoms with van der Waals surface area (Å²) in [6, 6.07) is 27.9. The van der Waals surface area contributed by atoms with Crippen LogP contribution in [0, 0.1) is 0 Å². The van der Waals surface area contributed by atoms with Gasteiger partial charge in [-0.3, -0.25) is 14.5 Å². The molecule has 1 saturated heterocycles. The molecule has 0 unspecified atom stereocenters. The summed E-state index contributed by atoms with van der Waals surface area (Å²) in [5.74, 6) is -0.733. The van der Waals surface area contributed by atoms with Crippen molar-refractivity contribution in [2.75, 3.05) is 26.2 Å². The Hall–Kier alpha value is -3.44. The maximum Gasteiger partial charge on any atom is 0.303 e. The number of nitrogens with zero attached hydrogens (tertiary/aromatic N) is 2. The molecule has 3 aromatic carbocycles. The van der Waals surface area contributed by atoms with E-state index < -0.39 is 5.97 Å². The lowest BCUT2D eigenvalue weighted by molar-refractivity contribution is -0.137. The van der Waals surface area contributed by atoms with Gasteiger partial charge in [-0.25, -0.2) is 0 Å². The third kappa shape index (κ3) is 5.06. The van der Waals surface area contributed by atoms with E-state index in [1.807, 2.05) is 77.7 Å². The molecule has 1 N–H and O–H groups in total. The van der Waals surface area contributed by atoms with Crippen molar-refractivity contribution in [2.45, 2.75) is 18.9 Å². The Bertz CT molecular complexity index is 1040. The zero-order chi connectivity index (χ0) is 22.3. The second-order valence-electron chi connectivity index (χ2n) is 8.10. The molecule has 5 nitrogen and oxygen atoms in total. The molecule has 1 atom stereocenters. The first-order valence-electron chi connectivity index (χ1n) is 11.1. The molecule has 0 saturated carbocycles. The highest BCUT2D eigenvalue weighted by atomic mass is 16.4. The molecule has 5 heteroatoms. The predicted octanol–water partition coefficient (Wildman–Crippen LogP) is 4.72. The van der Waals surface area contributed by atoms with Crippen LogP contribution in [0.15, 0.2) is 84.9 Å². The Balaban J connectivity index is 1.47. The molecule has 1 aliphatic heterocycles. The number of carbonyl (C=O) groups is 2. The molecule has 0 radical (unpaired) electrons. The SMILES string of the molecule is O=C(O)CC[C@@H](c1ccccc1)N1CCN(C(=O)c2ccccc2-c2ccccc2)CC1. The quantitative estimate of drug-likeness (QED) is 0.592. The highest BCUT2D eigenvalue weighted by Crippen LogP contribution is 2.29. The molecule has 164 valence electrons. The van der Waals surface area contributed by atoms with E-state index >= 15 is 0 Å². The zero-order valence-corrected chi connectivity index (χ0v) is 18.1. The standard InChI is InChI=1S/C27H28N2O3/c30-26(31)16-15-25(22-11-5-2-6-12-22)28-17-19-29(20-18-28)27(32)24-14-8-7-13-23(24)21-9-3-1-4-10-21/h1-14,25H,15-20H2,(H,30,31)/t25-/m0/s1. The number of carbonyl (C=O) groups excluding carboxylic acids is 1. The van der Waals surface area contributed by atoms with Gasteiger partial charge >= 0.3 is 5.97 Å². The minimum Gasteiger partial charge on any atom is -0.481 e. The minimum absolute atomic E-state index is 0.0427. The van der Waals surface area contributed by atoms with Crippen LogP contribution in [0.3, 0.4) is 0 Å². The third-order valence-corrected chi connectivity index (χ3v) is 6.10. The Kier molecular flexibility index (Phi) is 6.97. The average Bonchev–Trinajstić information content (AvgIpc) is 2.85. The molecule has 32 heavy (non-hydrogen) atoms. The summed E-state index contributed by atoms with van der Waals surface area (Å²) in [5, 5.41) is 9.20. The van der Waals surface area contributed by atoms with Crippen LogP contribution >= 0.6 is 0 Å². The highest BCUT2D eigenvalue weighted by molar-refractivity contribution is 6.01. The van der Waals surface area contributed by atoms with Crippen molar-refractivity contribution in [3.8, 4) is 11.1 Å². The van der Waals surface area contributed by atoms with Gasteiger partial charge in [0.05, 0.1) is 0 Å². The molecule has 0 bridgehead atoms. The lowest BCUT2D eigenvalue weighted by Gasteiger charge is -2.39. The Morgan fingerprint density at radius 1 is 0.781 bits per heavy atom. The van der Waals surface area contributed by atoms with E-state index in [0.29, 0.717) is 19.5 Å². The molecule has 1 aliphatic rings. The highest BCUT2D eigenvalue weighted by Gasteiger charge is 2.28. The fourth-order valence-electron chi connectivity index (χ4n) is 4.44. The Morgan fingerprint density at radius 3 is 2.03 bits per heavy atom. The summed E-state index contributed by atoms with van der Waals surface area (Å²) in [5.41, 5.74) is 3.83. The zero-order valence-electron chi connectivity index (χ0n) is 18.1. The first kappa shape index (κ1) is 21.8. The first-order valence-corrected chi connectivity index (χ1v) is 11.1. The molecule has 1 fully saturated rings. The van der Waals surface area contributed by atoms with E-state index in [0.717, 1.165) is 35.3 Å². The lowest BCUT2D eigenvalue weighted by atomic mass is 9.98. The maximum absolute atomic E-state index is 13.4. The van der Waals surface area contributed by atoms with E-state index in [4.69, 9.17) is 0 Å². The van der Waals surface area contributed by atoms with Crippen molar-refractivity contribution >= 4 is 11.9 Å². The number of hydrogen-bond acceptors (Lipinski definition) is 3. The predicted molar refractivity (Wildman–Crippen MR) is 125 cm³/mol.